The first-order valence-corrected chi connectivity index (χ1v) is 5.73. The molecule has 0 saturated carbocycles. The molecule has 0 spiro atoms. The fourth-order valence-electron chi connectivity index (χ4n) is 1.94. The van der Waals surface area contributed by atoms with E-state index in [2.05, 4.69) is 35.9 Å². The van der Waals surface area contributed by atoms with E-state index in [1.807, 2.05) is 6.07 Å². The molecular weight excluding hydrogens is 198 g/mol. The van der Waals surface area contributed by atoms with Crippen LogP contribution in [-0.2, 0) is 0 Å². The predicted molar refractivity (Wildman–Crippen MR) is 67.3 cm³/mol. The van der Waals surface area contributed by atoms with Crippen LogP contribution in [0.15, 0.2) is 24.4 Å². The predicted octanol–water partition coefficient (Wildman–Crippen LogP) is 3.12. The molecule has 16 heavy (non-hydrogen) atoms. The Morgan fingerprint density at radius 2 is 2.12 bits per heavy atom. The highest BCUT2D eigenvalue weighted by Crippen LogP contribution is 2.23. The number of fused-ring (bicyclic) bond motifs is 1. The number of rotatable bonds is 3. The lowest BCUT2D eigenvalue weighted by molar-refractivity contribution is 0.650. The highest BCUT2D eigenvalue weighted by molar-refractivity contribution is 5.86. The third kappa shape index (κ3) is 1.98. The molecule has 0 aromatic carbocycles. The van der Waals surface area contributed by atoms with Crippen LogP contribution in [-0.4, -0.2) is 9.97 Å². The van der Waals surface area contributed by atoms with E-state index in [1.165, 1.54) is 6.42 Å². The van der Waals surface area contributed by atoms with Crippen molar-refractivity contribution in [2.24, 2.45) is 0 Å². The zero-order valence-corrected chi connectivity index (χ0v) is 9.77. The Morgan fingerprint density at radius 3 is 2.88 bits per heavy atom. The SMILES string of the molecule is CCCC(C)c1ccc2ccnc(N)c2n1. The first kappa shape index (κ1) is 10.9. The minimum atomic E-state index is 0.481. The maximum atomic E-state index is 5.83. The summed E-state index contributed by atoms with van der Waals surface area (Å²) in [7, 11) is 0. The molecule has 0 fully saturated rings. The summed E-state index contributed by atoms with van der Waals surface area (Å²) in [5.74, 6) is 0.997. The summed E-state index contributed by atoms with van der Waals surface area (Å²) < 4.78 is 0. The van der Waals surface area contributed by atoms with Gasteiger partial charge >= 0.3 is 0 Å². The largest absolute Gasteiger partial charge is 0.382 e. The van der Waals surface area contributed by atoms with Crippen molar-refractivity contribution in [2.75, 3.05) is 5.73 Å². The maximum Gasteiger partial charge on any atom is 0.149 e. The molecule has 0 aliphatic carbocycles. The Labute approximate surface area is 95.7 Å². The van der Waals surface area contributed by atoms with Crippen LogP contribution in [0.5, 0.6) is 0 Å². The normalized spacial score (nSPS) is 12.9. The highest BCUT2D eigenvalue weighted by atomic mass is 14.9. The first-order chi connectivity index (χ1) is 7.72. The Bertz CT molecular complexity index is 494. The van der Waals surface area contributed by atoms with E-state index in [9.17, 15) is 0 Å². The average Bonchev–Trinajstić information content (AvgIpc) is 2.29. The van der Waals surface area contributed by atoms with Crippen molar-refractivity contribution in [3.63, 3.8) is 0 Å². The van der Waals surface area contributed by atoms with Crippen LogP contribution in [0.1, 0.15) is 38.3 Å². The molecule has 84 valence electrons. The van der Waals surface area contributed by atoms with E-state index in [0.29, 0.717) is 11.7 Å². The van der Waals surface area contributed by atoms with Crippen molar-refractivity contribution in [1.82, 2.24) is 9.97 Å². The van der Waals surface area contributed by atoms with Crippen molar-refractivity contribution in [2.45, 2.75) is 32.6 Å². The summed E-state index contributed by atoms with van der Waals surface area (Å²) in [5, 5.41) is 1.06. The standard InChI is InChI=1S/C13H17N3/c1-3-4-9(2)11-6-5-10-7-8-15-13(14)12(10)16-11/h5-9H,3-4H2,1-2H3,(H2,14,15). The van der Waals surface area contributed by atoms with Gasteiger partial charge in [0.25, 0.3) is 0 Å². The number of aromatic nitrogens is 2. The lowest BCUT2D eigenvalue weighted by atomic mass is 10.0. The zero-order chi connectivity index (χ0) is 11.5. The van der Waals surface area contributed by atoms with Gasteiger partial charge in [-0.1, -0.05) is 26.3 Å². The minimum Gasteiger partial charge on any atom is -0.382 e. The van der Waals surface area contributed by atoms with Crippen LogP contribution in [0.4, 0.5) is 5.82 Å². The number of pyridine rings is 2. The molecule has 2 heterocycles. The van der Waals surface area contributed by atoms with Gasteiger partial charge in [-0.2, -0.15) is 0 Å². The number of nitrogens with two attached hydrogens (primary N) is 1. The van der Waals surface area contributed by atoms with Crippen LogP contribution in [0.3, 0.4) is 0 Å². The molecule has 3 nitrogen and oxygen atoms in total. The Kier molecular flexibility index (Phi) is 3.04. The average molecular weight is 215 g/mol. The molecule has 0 saturated heterocycles. The molecule has 0 aliphatic heterocycles. The fourth-order valence-corrected chi connectivity index (χ4v) is 1.94. The summed E-state index contributed by atoms with van der Waals surface area (Å²) in [6, 6.07) is 6.09. The summed E-state index contributed by atoms with van der Waals surface area (Å²) in [6.07, 6.45) is 4.04. The van der Waals surface area contributed by atoms with Gasteiger partial charge in [-0.05, 0) is 24.5 Å². The molecule has 3 heteroatoms. The van der Waals surface area contributed by atoms with Gasteiger partial charge in [0.05, 0.1) is 0 Å². The molecule has 1 unspecified atom stereocenters. The molecular formula is C13H17N3. The van der Waals surface area contributed by atoms with Crippen molar-refractivity contribution in [1.29, 1.82) is 0 Å². The quantitative estimate of drug-likeness (QED) is 0.855. The monoisotopic (exact) mass is 215 g/mol. The van der Waals surface area contributed by atoms with Crippen molar-refractivity contribution in [3.8, 4) is 0 Å². The van der Waals surface area contributed by atoms with Crippen LogP contribution in [0.2, 0.25) is 0 Å². The van der Waals surface area contributed by atoms with Gasteiger partial charge in [0.2, 0.25) is 0 Å². The Morgan fingerprint density at radius 1 is 1.31 bits per heavy atom. The smallest absolute Gasteiger partial charge is 0.149 e. The molecule has 2 aromatic heterocycles. The lowest BCUT2D eigenvalue weighted by Crippen LogP contribution is -1.99. The Balaban J connectivity index is 2.46. The molecule has 0 bridgehead atoms. The zero-order valence-electron chi connectivity index (χ0n) is 9.77. The van der Waals surface area contributed by atoms with Gasteiger partial charge in [0.15, 0.2) is 0 Å². The van der Waals surface area contributed by atoms with Crippen LogP contribution in [0.25, 0.3) is 10.9 Å². The van der Waals surface area contributed by atoms with E-state index < -0.39 is 0 Å². The first-order valence-electron chi connectivity index (χ1n) is 5.73. The summed E-state index contributed by atoms with van der Waals surface area (Å²) in [5.41, 5.74) is 7.75. The van der Waals surface area contributed by atoms with Gasteiger partial charge in [-0.3, -0.25) is 0 Å². The minimum absolute atomic E-state index is 0.481. The van der Waals surface area contributed by atoms with Gasteiger partial charge < -0.3 is 5.73 Å². The molecule has 2 N–H and O–H groups in total. The Hall–Kier alpha value is -1.64. The topological polar surface area (TPSA) is 51.8 Å². The van der Waals surface area contributed by atoms with Crippen molar-refractivity contribution in [3.05, 3.63) is 30.1 Å². The molecule has 2 aromatic rings. The number of nitrogens with zero attached hydrogens (tertiary/aromatic N) is 2. The van der Waals surface area contributed by atoms with Crippen LogP contribution in [0, 0.1) is 0 Å². The number of nitrogen functional groups attached to an aromatic ring is 1. The fraction of sp³-hybridized carbons (Fsp3) is 0.385. The molecule has 1 atom stereocenters. The van der Waals surface area contributed by atoms with E-state index in [1.54, 1.807) is 6.20 Å². The molecule has 2 rings (SSSR count). The van der Waals surface area contributed by atoms with Crippen LogP contribution >= 0.6 is 0 Å². The molecule has 0 aliphatic rings. The number of anilines is 1. The summed E-state index contributed by atoms with van der Waals surface area (Å²) in [6.45, 7) is 4.39. The third-order valence-corrected chi connectivity index (χ3v) is 2.88. The van der Waals surface area contributed by atoms with Gasteiger partial charge in [-0.25, -0.2) is 9.97 Å². The van der Waals surface area contributed by atoms with Crippen LogP contribution < -0.4 is 5.73 Å². The van der Waals surface area contributed by atoms with E-state index in [4.69, 9.17) is 5.73 Å². The molecule has 0 amide bonds. The van der Waals surface area contributed by atoms with Gasteiger partial charge in [0, 0.05) is 17.3 Å². The van der Waals surface area contributed by atoms with E-state index in [0.717, 1.165) is 23.0 Å². The second-order valence-electron chi connectivity index (χ2n) is 4.19. The maximum absolute atomic E-state index is 5.83. The van der Waals surface area contributed by atoms with Crippen molar-refractivity contribution < 1.29 is 0 Å². The lowest BCUT2D eigenvalue weighted by Gasteiger charge is -2.10. The summed E-state index contributed by atoms with van der Waals surface area (Å²) >= 11 is 0. The second kappa shape index (κ2) is 4.47. The molecule has 0 radical (unpaired) electrons. The van der Waals surface area contributed by atoms with Gasteiger partial charge in [0.1, 0.15) is 11.3 Å². The van der Waals surface area contributed by atoms with Gasteiger partial charge in [-0.15, -0.1) is 0 Å². The summed E-state index contributed by atoms with van der Waals surface area (Å²) in [4.78, 5) is 8.67. The van der Waals surface area contributed by atoms with Crippen molar-refractivity contribution >= 4 is 16.7 Å². The highest BCUT2D eigenvalue weighted by Gasteiger charge is 2.08. The van der Waals surface area contributed by atoms with E-state index >= 15 is 0 Å². The number of hydrogen-bond donors (Lipinski definition) is 1. The third-order valence-electron chi connectivity index (χ3n) is 2.88. The second-order valence-corrected chi connectivity index (χ2v) is 4.19. The van der Waals surface area contributed by atoms with E-state index in [-0.39, 0.29) is 0 Å². The number of hydrogen-bond acceptors (Lipinski definition) is 3.